The van der Waals surface area contributed by atoms with Gasteiger partial charge in [0.2, 0.25) is 5.96 Å². The monoisotopic (exact) mass is 423 g/mol. The smallest absolute Gasteiger partial charge is 0.257 e. The minimum absolute atomic E-state index is 0.262. The minimum atomic E-state index is -0.262. The summed E-state index contributed by atoms with van der Waals surface area (Å²) >= 11 is 5.93. The summed E-state index contributed by atoms with van der Waals surface area (Å²) in [5, 5.41) is 11.2. The van der Waals surface area contributed by atoms with Gasteiger partial charge >= 0.3 is 0 Å². The van der Waals surface area contributed by atoms with Gasteiger partial charge in [-0.15, -0.1) is 0 Å². The number of guanidine groups is 1. The van der Waals surface area contributed by atoms with Crippen LogP contribution in [0.5, 0.6) is 0 Å². The van der Waals surface area contributed by atoms with Crippen LogP contribution in [0.15, 0.2) is 47.5 Å². The molecule has 2 aromatic carbocycles. The Hall–Kier alpha value is -3.12. The van der Waals surface area contributed by atoms with Gasteiger partial charge in [0.15, 0.2) is 0 Å². The number of nitrogens with zero attached hydrogens (tertiary/aromatic N) is 3. The number of rotatable bonds is 4. The van der Waals surface area contributed by atoms with Crippen LogP contribution in [0, 0.1) is 27.7 Å². The SMILES string of the molecule is Cc1cc(C)cc(NC(=NCc2c(C)nn(C)c2C)NC(=O)c2ccc(Cl)cc2)c1. The highest BCUT2D eigenvalue weighted by molar-refractivity contribution is 6.30. The van der Waals surface area contributed by atoms with Crippen molar-refractivity contribution in [2.75, 3.05) is 5.32 Å². The van der Waals surface area contributed by atoms with Crippen molar-refractivity contribution < 1.29 is 4.79 Å². The lowest BCUT2D eigenvalue weighted by atomic mass is 10.1. The lowest BCUT2D eigenvalue weighted by Gasteiger charge is -2.13. The molecular weight excluding hydrogens is 398 g/mol. The van der Waals surface area contributed by atoms with E-state index >= 15 is 0 Å². The van der Waals surface area contributed by atoms with Crippen LogP contribution in [0.2, 0.25) is 5.02 Å². The summed E-state index contributed by atoms with van der Waals surface area (Å²) in [7, 11) is 1.91. The van der Waals surface area contributed by atoms with Crippen LogP contribution in [0.25, 0.3) is 0 Å². The van der Waals surface area contributed by atoms with Gasteiger partial charge in [0.05, 0.1) is 12.2 Å². The first-order valence-electron chi connectivity index (χ1n) is 9.68. The molecule has 0 unspecified atom stereocenters. The number of nitrogens with one attached hydrogen (secondary N) is 2. The number of aliphatic imine (C=N–C) groups is 1. The molecule has 0 aliphatic heterocycles. The normalized spacial score (nSPS) is 11.5. The Morgan fingerprint density at radius 2 is 1.70 bits per heavy atom. The zero-order valence-corrected chi connectivity index (χ0v) is 18.6. The molecule has 0 radical (unpaired) electrons. The van der Waals surface area contributed by atoms with Crippen LogP contribution in [0.1, 0.15) is 38.4 Å². The summed E-state index contributed by atoms with van der Waals surface area (Å²) in [6, 6.07) is 12.9. The molecule has 0 saturated heterocycles. The highest BCUT2D eigenvalue weighted by atomic mass is 35.5. The molecule has 0 aliphatic rings. The molecule has 30 heavy (non-hydrogen) atoms. The highest BCUT2D eigenvalue weighted by Crippen LogP contribution is 2.16. The molecule has 0 bridgehead atoms. The Labute approximate surface area is 182 Å². The van der Waals surface area contributed by atoms with Crippen LogP contribution < -0.4 is 10.6 Å². The maximum absolute atomic E-state index is 12.7. The van der Waals surface area contributed by atoms with Crippen LogP contribution in [-0.2, 0) is 13.6 Å². The van der Waals surface area contributed by atoms with E-state index in [1.807, 2.05) is 51.6 Å². The summed E-state index contributed by atoms with van der Waals surface area (Å²) in [5.74, 6) is 0.115. The predicted molar refractivity (Wildman–Crippen MR) is 122 cm³/mol. The van der Waals surface area contributed by atoms with Gasteiger partial charge in [-0.25, -0.2) is 4.99 Å². The van der Waals surface area contributed by atoms with Crippen molar-refractivity contribution in [2.45, 2.75) is 34.2 Å². The molecule has 156 valence electrons. The van der Waals surface area contributed by atoms with Gasteiger partial charge in [-0.2, -0.15) is 5.10 Å². The summed E-state index contributed by atoms with van der Waals surface area (Å²) in [6.45, 7) is 8.43. The average Bonchev–Trinajstić information content (AvgIpc) is 2.91. The molecule has 0 saturated carbocycles. The number of carbonyl (C=O) groups excluding carboxylic acids is 1. The van der Waals surface area contributed by atoms with Crippen molar-refractivity contribution in [3.63, 3.8) is 0 Å². The minimum Gasteiger partial charge on any atom is -0.326 e. The van der Waals surface area contributed by atoms with Crippen molar-refractivity contribution in [1.29, 1.82) is 0 Å². The van der Waals surface area contributed by atoms with E-state index in [9.17, 15) is 4.79 Å². The maximum atomic E-state index is 12.7. The number of amides is 1. The number of anilines is 1. The van der Waals surface area contributed by atoms with E-state index in [4.69, 9.17) is 11.6 Å². The van der Waals surface area contributed by atoms with E-state index in [0.29, 0.717) is 23.1 Å². The van der Waals surface area contributed by atoms with E-state index in [1.54, 1.807) is 24.3 Å². The summed E-state index contributed by atoms with van der Waals surface area (Å²) in [6.07, 6.45) is 0. The maximum Gasteiger partial charge on any atom is 0.257 e. The van der Waals surface area contributed by atoms with Crippen molar-refractivity contribution in [3.8, 4) is 0 Å². The van der Waals surface area contributed by atoms with Gasteiger partial charge < -0.3 is 5.32 Å². The van der Waals surface area contributed by atoms with Gasteiger partial charge in [-0.3, -0.25) is 14.8 Å². The first kappa shape index (κ1) is 21.6. The lowest BCUT2D eigenvalue weighted by molar-refractivity contribution is 0.0977. The number of hydrogen-bond donors (Lipinski definition) is 2. The summed E-state index contributed by atoms with van der Waals surface area (Å²) < 4.78 is 1.84. The standard InChI is InChI=1S/C23H26ClN5O/c1-14-10-15(2)12-20(11-14)26-23(25-13-21-16(3)28-29(5)17(21)4)27-22(30)18-6-8-19(24)9-7-18/h6-12H,13H2,1-5H3,(H2,25,26,27,30). The largest absolute Gasteiger partial charge is 0.326 e. The molecule has 3 aromatic rings. The highest BCUT2D eigenvalue weighted by Gasteiger charge is 2.12. The molecule has 2 N–H and O–H groups in total. The summed E-state index contributed by atoms with van der Waals surface area (Å²) in [4.78, 5) is 17.4. The topological polar surface area (TPSA) is 71.3 Å². The number of carbonyl (C=O) groups is 1. The Bertz CT molecular complexity index is 1080. The lowest BCUT2D eigenvalue weighted by Crippen LogP contribution is -2.36. The second-order valence-electron chi connectivity index (χ2n) is 7.40. The molecule has 0 aliphatic carbocycles. The molecule has 3 rings (SSSR count). The first-order valence-corrected chi connectivity index (χ1v) is 10.1. The number of aromatic nitrogens is 2. The van der Waals surface area contributed by atoms with Crippen molar-refractivity contribution in [2.24, 2.45) is 12.0 Å². The second-order valence-corrected chi connectivity index (χ2v) is 7.84. The fourth-order valence-electron chi connectivity index (χ4n) is 3.28. The van der Waals surface area contributed by atoms with E-state index in [0.717, 1.165) is 33.8 Å². The van der Waals surface area contributed by atoms with E-state index in [2.05, 4.69) is 26.8 Å². The van der Waals surface area contributed by atoms with Crippen LogP contribution in [0.3, 0.4) is 0 Å². The fraction of sp³-hybridized carbons (Fsp3) is 0.261. The fourth-order valence-corrected chi connectivity index (χ4v) is 3.41. The molecule has 0 atom stereocenters. The molecule has 0 spiro atoms. The van der Waals surface area contributed by atoms with Gasteiger partial charge in [0.1, 0.15) is 0 Å². The van der Waals surface area contributed by atoms with Crippen molar-refractivity contribution >= 4 is 29.2 Å². The third-order valence-corrected chi connectivity index (χ3v) is 5.13. The third-order valence-electron chi connectivity index (χ3n) is 4.88. The third kappa shape index (κ3) is 5.27. The van der Waals surface area contributed by atoms with Crippen LogP contribution in [-0.4, -0.2) is 21.6 Å². The first-order chi connectivity index (χ1) is 14.2. The second kappa shape index (κ2) is 9.13. The molecule has 1 heterocycles. The average molecular weight is 424 g/mol. The van der Waals surface area contributed by atoms with Crippen molar-refractivity contribution in [3.05, 3.63) is 81.1 Å². The number of aryl methyl sites for hydroxylation is 4. The molecule has 0 fully saturated rings. The van der Waals surface area contributed by atoms with Gasteiger partial charge in [0, 0.05) is 34.6 Å². The van der Waals surface area contributed by atoms with E-state index in [1.165, 1.54) is 0 Å². The zero-order valence-electron chi connectivity index (χ0n) is 17.9. The number of halogens is 1. The Morgan fingerprint density at radius 3 is 2.27 bits per heavy atom. The zero-order chi connectivity index (χ0) is 21.8. The molecular formula is C23H26ClN5O. The quantitative estimate of drug-likeness (QED) is 0.471. The number of hydrogen-bond acceptors (Lipinski definition) is 3. The predicted octanol–water partition coefficient (Wildman–Crippen LogP) is 4.71. The number of benzene rings is 2. The van der Waals surface area contributed by atoms with E-state index < -0.39 is 0 Å². The summed E-state index contributed by atoms with van der Waals surface area (Å²) in [5.41, 5.74) is 6.63. The van der Waals surface area contributed by atoms with Gasteiger partial charge in [-0.1, -0.05) is 17.7 Å². The molecule has 7 heteroatoms. The Balaban J connectivity index is 1.88. The van der Waals surface area contributed by atoms with Gasteiger partial charge in [-0.05, 0) is 75.2 Å². The van der Waals surface area contributed by atoms with Gasteiger partial charge in [0.25, 0.3) is 5.91 Å². The Morgan fingerprint density at radius 1 is 1.07 bits per heavy atom. The van der Waals surface area contributed by atoms with Crippen molar-refractivity contribution in [1.82, 2.24) is 15.1 Å². The Kier molecular flexibility index (Phi) is 6.57. The molecule has 1 aromatic heterocycles. The molecule has 6 nitrogen and oxygen atoms in total. The molecule has 1 amide bonds. The van der Waals surface area contributed by atoms with Crippen LogP contribution >= 0.6 is 11.6 Å². The van der Waals surface area contributed by atoms with Crippen LogP contribution in [0.4, 0.5) is 5.69 Å². The van der Waals surface area contributed by atoms with E-state index in [-0.39, 0.29) is 5.91 Å².